The van der Waals surface area contributed by atoms with Crippen LogP contribution in [0.5, 0.6) is 0 Å². The minimum atomic E-state index is -1.08. The van der Waals surface area contributed by atoms with Gasteiger partial charge in [0.1, 0.15) is 23.4 Å². The van der Waals surface area contributed by atoms with Crippen LogP contribution in [0.15, 0.2) is 24.5 Å². The lowest BCUT2D eigenvalue weighted by atomic mass is 9.99. The molecule has 0 aliphatic carbocycles. The molecule has 1 fully saturated rings. The van der Waals surface area contributed by atoms with Crippen molar-refractivity contribution in [3.63, 3.8) is 0 Å². The van der Waals surface area contributed by atoms with Crippen molar-refractivity contribution in [3.05, 3.63) is 47.2 Å². The van der Waals surface area contributed by atoms with Crippen LogP contribution in [0.3, 0.4) is 0 Å². The number of pyridine rings is 1. The van der Waals surface area contributed by atoms with Crippen molar-refractivity contribution in [2.75, 3.05) is 23.7 Å². The molecule has 150 valence electrons. The van der Waals surface area contributed by atoms with Crippen molar-refractivity contribution in [3.8, 4) is 0 Å². The maximum absolute atomic E-state index is 14.5. The third-order valence-electron chi connectivity index (χ3n) is 5.47. The Kier molecular flexibility index (Phi) is 4.07. The number of amides is 1. The van der Waals surface area contributed by atoms with Gasteiger partial charge in [-0.1, -0.05) is 0 Å². The van der Waals surface area contributed by atoms with Gasteiger partial charge in [-0.15, -0.1) is 5.10 Å². The highest BCUT2D eigenvalue weighted by Gasteiger charge is 2.36. The van der Waals surface area contributed by atoms with Crippen LogP contribution < -0.4 is 16.0 Å². The second-order valence-corrected chi connectivity index (χ2v) is 7.36. The zero-order valence-corrected chi connectivity index (χ0v) is 15.5. The summed E-state index contributed by atoms with van der Waals surface area (Å²) >= 11 is 0. The number of aryl methyl sites for hydroxylation is 1. The van der Waals surface area contributed by atoms with Crippen molar-refractivity contribution in [2.24, 2.45) is 0 Å². The van der Waals surface area contributed by atoms with E-state index in [9.17, 15) is 13.6 Å². The van der Waals surface area contributed by atoms with E-state index >= 15 is 0 Å². The average Bonchev–Trinajstić information content (AvgIpc) is 3.23. The summed E-state index contributed by atoms with van der Waals surface area (Å²) in [6.07, 6.45) is 3.07. The van der Waals surface area contributed by atoms with Crippen LogP contribution in [0.1, 0.15) is 40.5 Å². The van der Waals surface area contributed by atoms with E-state index in [0.717, 1.165) is 0 Å². The molecule has 2 aliphatic rings. The Labute approximate surface area is 164 Å². The van der Waals surface area contributed by atoms with Crippen LogP contribution in [0.2, 0.25) is 0 Å². The fraction of sp³-hybridized carbons (Fsp3) is 0.368. The minimum absolute atomic E-state index is 0.0791. The molecular weight excluding hydrogens is 380 g/mol. The number of rotatable bonds is 0. The summed E-state index contributed by atoms with van der Waals surface area (Å²) in [7, 11) is 0. The van der Waals surface area contributed by atoms with E-state index in [0.29, 0.717) is 42.1 Å². The van der Waals surface area contributed by atoms with Crippen LogP contribution in [0, 0.1) is 5.82 Å². The molecular formula is C19H19F2N7O. The van der Waals surface area contributed by atoms with Crippen molar-refractivity contribution < 1.29 is 13.6 Å². The lowest BCUT2D eigenvalue weighted by molar-refractivity contribution is 0.0955. The van der Waals surface area contributed by atoms with E-state index in [-0.39, 0.29) is 30.3 Å². The van der Waals surface area contributed by atoms with Gasteiger partial charge in [-0.2, -0.15) is 0 Å². The van der Waals surface area contributed by atoms with E-state index in [2.05, 4.69) is 20.4 Å². The second kappa shape index (κ2) is 6.64. The summed E-state index contributed by atoms with van der Waals surface area (Å²) in [4.78, 5) is 23.3. The van der Waals surface area contributed by atoms with E-state index in [1.807, 2.05) is 0 Å². The number of halogens is 2. The number of nitrogen functional groups attached to an aromatic ring is 1. The van der Waals surface area contributed by atoms with E-state index in [1.165, 1.54) is 16.8 Å². The molecule has 5 rings (SSSR count). The van der Waals surface area contributed by atoms with Crippen molar-refractivity contribution in [1.29, 1.82) is 0 Å². The van der Waals surface area contributed by atoms with Crippen molar-refractivity contribution in [1.82, 2.24) is 24.9 Å². The molecule has 0 radical (unpaired) electrons. The molecule has 3 aromatic heterocycles. The third-order valence-corrected chi connectivity index (χ3v) is 5.47. The van der Waals surface area contributed by atoms with Gasteiger partial charge in [0.2, 0.25) is 0 Å². The standard InChI is InChI=1S/C19H19F2N7O/c20-10-6-12-13(24-8-10)2-1-4-23-19(29)16-17(22)26-28-5-3-15(25-18(16)28)27-9-11(21)7-14(12)27/h3,5-6,8,11,14H,1-2,4,7,9H2,(H2,22,26)(H,23,29)/t11-,14+/m0/s1. The first kappa shape index (κ1) is 17.8. The highest BCUT2D eigenvalue weighted by molar-refractivity contribution is 6.04. The summed E-state index contributed by atoms with van der Waals surface area (Å²) in [5, 5.41) is 6.97. The summed E-state index contributed by atoms with van der Waals surface area (Å²) in [6.45, 7) is 0.503. The Morgan fingerprint density at radius 3 is 3.07 bits per heavy atom. The van der Waals surface area contributed by atoms with Crippen molar-refractivity contribution in [2.45, 2.75) is 31.5 Å². The van der Waals surface area contributed by atoms with E-state index < -0.39 is 18.0 Å². The molecule has 8 nitrogen and oxygen atoms in total. The Hall–Kier alpha value is -3.30. The third kappa shape index (κ3) is 2.95. The largest absolute Gasteiger partial charge is 0.381 e. The van der Waals surface area contributed by atoms with Gasteiger partial charge in [0.25, 0.3) is 5.91 Å². The first-order chi connectivity index (χ1) is 14.0. The highest BCUT2D eigenvalue weighted by Crippen LogP contribution is 2.38. The number of fused-ring (bicyclic) bond motifs is 5. The summed E-state index contributed by atoms with van der Waals surface area (Å²) in [6, 6.07) is 2.72. The monoisotopic (exact) mass is 399 g/mol. The van der Waals surface area contributed by atoms with Crippen LogP contribution >= 0.6 is 0 Å². The lowest BCUT2D eigenvalue weighted by Gasteiger charge is -2.27. The molecule has 10 heteroatoms. The van der Waals surface area contributed by atoms with Crippen LogP contribution in [-0.4, -0.2) is 44.8 Å². The number of aromatic nitrogens is 4. The summed E-state index contributed by atoms with van der Waals surface area (Å²) in [5.41, 5.74) is 7.81. The van der Waals surface area contributed by atoms with Crippen LogP contribution in [0.4, 0.5) is 20.4 Å². The SMILES string of the molecule is Nc1nn2ccc3nc2c1C(=O)NCCCc1ncc(F)cc1[C@H]1C[C@H](F)CN31. The molecule has 0 saturated carbocycles. The average molecular weight is 399 g/mol. The Bertz CT molecular complexity index is 1120. The molecule has 2 atom stereocenters. The molecule has 3 aromatic rings. The van der Waals surface area contributed by atoms with Crippen molar-refractivity contribution >= 4 is 23.2 Å². The predicted molar refractivity (Wildman–Crippen MR) is 102 cm³/mol. The number of nitrogens with zero attached hydrogens (tertiary/aromatic N) is 5. The fourth-order valence-corrected chi connectivity index (χ4v) is 4.17. The zero-order valence-electron chi connectivity index (χ0n) is 15.5. The highest BCUT2D eigenvalue weighted by atomic mass is 19.1. The van der Waals surface area contributed by atoms with E-state index in [1.54, 1.807) is 17.2 Å². The maximum Gasteiger partial charge on any atom is 0.258 e. The normalized spacial score (nSPS) is 21.9. The van der Waals surface area contributed by atoms with Gasteiger partial charge in [-0.05, 0) is 30.5 Å². The second-order valence-electron chi connectivity index (χ2n) is 7.36. The molecule has 1 saturated heterocycles. The number of anilines is 2. The number of carbonyl (C=O) groups is 1. The minimum Gasteiger partial charge on any atom is -0.381 e. The van der Waals surface area contributed by atoms with Gasteiger partial charge < -0.3 is 16.0 Å². The summed E-state index contributed by atoms with van der Waals surface area (Å²) in [5.74, 6) is -0.269. The zero-order chi connectivity index (χ0) is 20.1. The Morgan fingerprint density at radius 1 is 1.34 bits per heavy atom. The maximum atomic E-state index is 14.5. The number of carbonyl (C=O) groups excluding carboxylic acids is 1. The smallest absolute Gasteiger partial charge is 0.258 e. The molecule has 2 aliphatic heterocycles. The van der Waals surface area contributed by atoms with Crippen LogP contribution in [0.25, 0.3) is 5.65 Å². The van der Waals surface area contributed by atoms with Gasteiger partial charge in [-0.25, -0.2) is 18.3 Å². The lowest BCUT2D eigenvalue weighted by Crippen LogP contribution is -2.26. The predicted octanol–water partition coefficient (Wildman–Crippen LogP) is 1.81. The number of nitrogens with two attached hydrogens (primary N) is 1. The number of nitrogens with one attached hydrogen (secondary N) is 1. The molecule has 0 spiro atoms. The van der Waals surface area contributed by atoms with Gasteiger partial charge in [0, 0.05) is 24.9 Å². The van der Waals surface area contributed by atoms with Gasteiger partial charge in [0.15, 0.2) is 11.5 Å². The molecule has 5 heterocycles. The molecule has 0 aromatic carbocycles. The number of hydrogen-bond acceptors (Lipinski definition) is 6. The number of alkyl halides is 1. The molecule has 2 bridgehead atoms. The number of hydrogen-bond donors (Lipinski definition) is 2. The molecule has 0 unspecified atom stereocenters. The first-order valence-corrected chi connectivity index (χ1v) is 9.49. The van der Waals surface area contributed by atoms with E-state index in [4.69, 9.17) is 5.73 Å². The first-order valence-electron chi connectivity index (χ1n) is 9.49. The topological polar surface area (TPSA) is 101 Å². The Morgan fingerprint density at radius 2 is 2.21 bits per heavy atom. The molecule has 1 amide bonds. The quantitative estimate of drug-likeness (QED) is 0.598. The fourth-order valence-electron chi connectivity index (χ4n) is 4.17. The summed E-state index contributed by atoms with van der Waals surface area (Å²) < 4.78 is 29.9. The van der Waals surface area contributed by atoms with Gasteiger partial charge in [0.05, 0.1) is 18.8 Å². The van der Waals surface area contributed by atoms with Gasteiger partial charge in [-0.3, -0.25) is 9.78 Å². The van der Waals surface area contributed by atoms with Crippen LogP contribution in [-0.2, 0) is 6.42 Å². The molecule has 3 N–H and O–H groups in total. The Balaban J connectivity index is 1.70. The molecule has 29 heavy (non-hydrogen) atoms. The van der Waals surface area contributed by atoms with Gasteiger partial charge >= 0.3 is 0 Å².